The van der Waals surface area contributed by atoms with E-state index in [1.54, 1.807) is 17.6 Å². The Morgan fingerprint density at radius 2 is 1.86 bits per heavy atom. The van der Waals surface area contributed by atoms with Crippen LogP contribution in [0, 0.1) is 0 Å². The Balaban J connectivity index is 1.69. The van der Waals surface area contributed by atoms with Gasteiger partial charge in [0, 0.05) is 39.2 Å². The third kappa shape index (κ3) is 3.29. The van der Waals surface area contributed by atoms with Crippen LogP contribution in [0.15, 0.2) is 58.8 Å². The van der Waals surface area contributed by atoms with Gasteiger partial charge in [-0.3, -0.25) is 4.21 Å². The summed E-state index contributed by atoms with van der Waals surface area (Å²) in [5.74, 6) is 0. The molecule has 0 aliphatic carbocycles. The Morgan fingerprint density at radius 1 is 1.14 bits per heavy atom. The summed E-state index contributed by atoms with van der Waals surface area (Å²) in [6.07, 6.45) is 1.71. The summed E-state index contributed by atoms with van der Waals surface area (Å²) >= 11 is 1.80. The monoisotopic (exact) mass is 329 g/mol. The van der Waals surface area contributed by atoms with Crippen molar-refractivity contribution in [3.63, 3.8) is 0 Å². The van der Waals surface area contributed by atoms with E-state index in [4.69, 9.17) is 0 Å². The molecule has 0 aliphatic heterocycles. The Kier molecular flexibility index (Phi) is 4.71. The summed E-state index contributed by atoms with van der Waals surface area (Å²) < 4.78 is 12.7. The molecule has 4 heteroatoms. The predicted octanol–water partition coefficient (Wildman–Crippen LogP) is 4.49. The van der Waals surface area contributed by atoms with Gasteiger partial charge in [-0.15, -0.1) is 11.3 Å². The van der Waals surface area contributed by atoms with Crippen LogP contribution in [0.5, 0.6) is 0 Å². The SMILES string of the molecule is CC(NCc1ccc(S(C)=O)cc1)c1csc2ccccc12. The van der Waals surface area contributed by atoms with Crippen molar-refractivity contribution in [1.29, 1.82) is 0 Å². The molecule has 0 fully saturated rings. The lowest BCUT2D eigenvalue weighted by Gasteiger charge is -2.13. The van der Waals surface area contributed by atoms with Gasteiger partial charge in [0.15, 0.2) is 0 Å². The number of hydrogen-bond donors (Lipinski definition) is 1. The van der Waals surface area contributed by atoms with Crippen LogP contribution in [0.4, 0.5) is 0 Å². The molecule has 1 N–H and O–H groups in total. The quantitative estimate of drug-likeness (QED) is 0.747. The van der Waals surface area contributed by atoms with Gasteiger partial charge in [-0.25, -0.2) is 0 Å². The predicted molar refractivity (Wildman–Crippen MR) is 95.9 cm³/mol. The number of rotatable bonds is 5. The lowest BCUT2D eigenvalue weighted by Crippen LogP contribution is -2.17. The van der Waals surface area contributed by atoms with Gasteiger partial charge in [0.25, 0.3) is 0 Å². The summed E-state index contributed by atoms with van der Waals surface area (Å²) in [5.41, 5.74) is 2.56. The maximum Gasteiger partial charge on any atom is 0.0498 e. The Labute approximate surface area is 137 Å². The van der Waals surface area contributed by atoms with Crippen LogP contribution in [0.1, 0.15) is 24.1 Å². The van der Waals surface area contributed by atoms with Gasteiger partial charge < -0.3 is 5.32 Å². The highest BCUT2D eigenvalue weighted by Gasteiger charge is 2.10. The van der Waals surface area contributed by atoms with Crippen molar-refractivity contribution in [2.24, 2.45) is 0 Å². The molecular weight excluding hydrogens is 310 g/mol. The molecule has 0 amide bonds. The Morgan fingerprint density at radius 3 is 2.59 bits per heavy atom. The van der Waals surface area contributed by atoms with E-state index in [1.165, 1.54) is 21.2 Å². The van der Waals surface area contributed by atoms with E-state index < -0.39 is 10.8 Å². The van der Waals surface area contributed by atoms with Crippen LogP contribution >= 0.6 is 11.3 Å². The van der Waals surface area contributed by atoms with Crippen LogP contribution in [-0.4, -0.2) is 10.5 Å². The lowest BCUT2D eigenvalue weighted by molar-refractivity contribution is 0.579. The molecule has 3 aromatic rings. The molecule has 0 spiro atoms. The van der Waals surface area contributed by atoms with Gasteiger partial charge >= 0.3 is 0 Å². The molecule has 3 rings (SSSR count). The second kappa shape index (κ2) is 6.73. The van der Waals surface area contributed by atoms with Crippen molar-refractivity contribution >= 4 is 32.2 Å². The van der Waals surface area contributed by atoms with E-state index in [0.29, 0.717) is 6.04 Å². The Bertz CT molecular complexity index is 792. The highest BCUT2D eigenvalue weighted by molar-refractivity contribution is 7.84. The first-order valence-corrected chi connectivity index (χ1v) is 9.71. The Hall–Kier alpha value is -1.49. The normalized spacial score (nSPS) is 14.1. The van der Waals surface area contributed by atoms with Crippen molar-refractivity contribution in [2.75, 3.05) is 6.26 Å². The maximum absolute atomic E-state index is 11.4. The number of benzene rings is 2. The van der Waals surface area contributed by atoms with Gasteiger partial charge in [-0.05, 0) is 47.0 Å². The first-order chi connectivity index (χ1) is 10.6. The van der Waals surface area contributed by atoms with E-state index in [1.807, 2.05) is 24.3 Å². The highest BCUT2D eigenvalue weighted by Crippen LogP contribution is 2.30. The largest absolute Gasteiger partial charge is 0.306 e. The second-order valence-electron chi connectivity index (χ2n) is 5.39. The summed E-state index contributed by atoms with van der Waals surface area (Å²) in [6, 6.07) is 16.8. The summed E-state index contributed by atoms with van der Waals surface area (Å²) in [5, 5.41) is 7.15. The van der Waals surface area contributed by atoms with Crippen LogP contribution < -0.4 is 5.32 Å². The van der Waals surface area contributed by atoms with E-state index in [0.717, 1.165) is 11.4 Å². The molecule has 2 atom stereocenters. The van der Waals surface area contributed by atoms with Gasteiger partial charge in [-0.2, -0.15) is 0 Å². The molecule has 2 nitrogen and oxygen atoms in total. The molecule has 0 bridgehead atoms. The standard InChI is InChI=1S/C18H19NOS2/c1-13(17-12-21-18-6-4-3-5-16(17)18)19-11-14-7-9-15(10-8-14)22(2)20/h3-10,12-13,19H,11H2,1-2H3. The smallest absolute Gasteiger partial charge is 0.0498 e. The molecular formula is C18H19NOS2. The lowest BCUT2D eigenvalue weighted by atomic mass is 10.1. The molecule has 114 valence electrons. The zero-order valence-electron chi connectivity index (χ0n) is 12.7. The molecule has 0 saturated carbocycles. The second-order valence-corrected chi connectivity index (χ2v) is 7.68. The zero-order valence-corrected chi connectivity index (χ0v) is 14.3. The third-order valence-corrected chi connectivity index (χ3v) is 5.76. The van der Waals surface area contributed by atoms with Crippen LogP contribution in [0.2, 0.25) is 0 Å². The van der Waals surface area contributed by atoms with Crippen molar-refractivity contribution in [2.45, 2.75) is 24.4 Å². The highest BCUT2D eigenvalue weighted by atomic mass is 32.2. The molecule has 22 heavy (non-hydrogen) atoms. The van der Waals surface area contributed by atoms with Crippen molar-refractivity contribution < 1.29 is 4.21 Å². The minimum atomic E-state index is -0.909. The van der Waals surface area contributed by atoms with E-state index in [-0.39, 0.29) is 0 Å². The van der Waals surface area contributed by atoms with Crippen LogP contribution in [0.25, 0.3) is 10.1 Å². The minimum Gasteiger partial charge on any atom is -0.306 e. The van der Waals surface area contributed by atoms with Crippen molar-refractivity contribution in [3.8, 4) is 0 Å². The van der Waals surface area contributed by atoms with Gasteiger partial charge in [-0.1, -0.05) is 30.3 Å². The number of nitrogens with one attached hydrogen (secondary N) is 1. The maximum atomic E-state index is 11.4. The van der Waals surface area contributed by atoms with Crippen molar-refractivity contribution in [3.05, 3.63) is 65.0 Å². The minimum absolute atomic E-state index is 0.302. The van der Waals surface area contributed by atoms with Crippen LogP contribution in [0.3, 0.4) is 0 Å². The molecule has 0 radical (unpaired) electrons. The van der Waals surface area contributed by atoms with E-state index in [2.05, 4.69) is 41.9 Å². The topological polar surface area (TPSA) is 29.1 Å². The molecule has 0 aliphatic rings. The summed E-state index contributed by atoms with van der Waals surface area (Å²) in [6.45, 7) is 3.01. The average Bonchev–Trinajstić information content (AvgIpc) is 2.97. The fraction of sp³-hybridized carbons (Fsp3) is 0.222. The first kappa shape index (κ1) is 15.4. The van der Waals surface area contributed by atoms with Gasteiger partial charge in [0.05, 0.1) is 0 Å². The molecule has 0 saturated heterocycles. The fourth-order valence-electron chi connectivity index (χ4n) is 2.51. The van der Waals surface area contributed by atoms with Gasteiger partial charge in [0.2, 0.25) is 0 Å². The van der Waals surface area contributed by atoms with Crippen LogP contribution in [-0.2, 0) is 17.3 Å². The summed E-state index contributed by atoms with van der Waals surface area (Å²) in [4.78, 5) is 0.876. The van der Waals surface area contributed by atoms with Gasteiger partial charge in [0.1, 0.15) is 0 Å². The zero-order chi connectivity index (χ0) is 15.5. The number of hydrogen-bond acceptors (Lipinski definition) is 3. The molecule has 2 unspecified atom stereocenters. The van der Waals surface area contributed by atoms with Crippen molar-refractivity contribution in [1.82, 2.24) is 5.32 Å². The third-order valence-electron chi connectivity index (χ3n) is 3.85. The van der Waals surface area contributed by atoms with E-state index in [9.17, 15) is 4.21 Å². The van der Waals surface area contributed by atoms with E-state index >= 15 is 0 Å². The first-order valence-electron chi connectivity index (χ1n) is 7.27. The number of thiophene rings is 1. The fourth-order valence-corrected chi connectivity index (χ4v) is 4.09. The summed E-state index contributed by atoms with van der Waals surface area (Å²) in [7, 11) is -0.909. The molecule has 1 heterocycles. The molecule has 2 aromatic carbocycles. The molecule has 1 aromatic heterocycles. The average molecular weight is 329 g/mol. The number of fused-ring (bicyclic) bond motifs is 1.